The fourth-order valence-electron chi connectivity index (χ4n) is 0.899. The molecule has 13 heavy (non-hydrogen) atoms. The first kappa shape index (κ1) is 9.12. The SMILES string of the molecule is Clc1ccc(-c2ccc(Br)s2)nn1. The van der Waals surface area contributed by atoms with Gasteiger partial charge in [-0.1, -0.05) is 11.6 Å². The molecule has 0 amide bonds. The van der Waals surface area contributed by atoms with Crippen LogP contribution in [0.25, 0.3) is 10.6 Å². The standard InChI is InChI=1S/C8H4BrClN2S/c9-7-3-2-6(13-7)5-1-4-8(10)12-11-5/h1-4H. The van der Waals surface area contributed by atoms with Crippen molar-refractivity contribution in [1.82, 2.24) is 10.2 Å². The van der Waals surface area contributed by atoms with Crippen LogP contribution in [0.1, 0.15) is 0 Å². The molecule has 2 aromatic rings. The van der Waals surface area contributed by atoms with E-state index in [1.54, 1.807) is 17.4 Å². The van der Waals surface area contributed by atoms with Crippen molar-refractivity contribution in [2.45, 2.75) is 0 Å². The van der Waals surface area contributed by atoms with Crippen LogP contribution in [0.3, 0.4) is 0 Å². The lowest BCUT2D eigenvalue weighted by Crippen LogP contribution is -1.83. The van der Waals surface area contributed by atoms with Crippen molar-refractivity contribution in [1.29, 1.82) is 0 Å². The first-order valence-corrected chi connectivity index (χ1v) is 5.49. The number of halogens is 2. The van der Waals surface area contributed by atoms with Gasteiger partial charge in [0, 0.05) is 0 Å². The molecule has 0 aromatic carbocycles. The molecule has 2 nitrogen and oxygen atoms in total. The predicted molar refractivity (Wildman–Crippen MR) is 58.1 cm³/mol. The van der Waals surface area contributed by atoms with E-state index in [1.807, 2.05) is 18.2 Å². The molecule has 0 saturated carbocycles. The monoisotopic (exact) mass is 274 g/mol. The molecular formula is C8H4BrClN2S. The lowest BCUT2D eigenvalue weighted by atomic mass is 10.3. The molecule has 66 valence electrons. The zero-order valence-electron chi connectivity index (χ0n) is 6.37. The van der Waals surface area contributed by atoms with Gasteiger partial charge in [-0.25, -0.2) is 0 Å². The van der Waals surface area contributed by atoms with Crippen molar-refractivity contribution in [3.05, 3.63) is 33.2 Å². The van der Waals surface area contributed by atoms with E-state index >= 15 is 0 Å². The largest absolute Gasteiger partial charge is 0.151 e. The van der Waals surface area contributed by atoms with E-state index in [-0.39, 0.29) is 0 Å². The van der Waals surface area contributed by atoms with Gasteiger partial charge in [-0.05, 0) is 40.2 Å². The molecule has 2 heterocycles. The molecule has 2 rings (SSSR count). The van der Waals surface area contributed by atoms with Gasteiger partial charge in [0.25, 0.3) is 0 Å². The summed E-state index contributed by atoms with van der Waals surface area (Å²) >= 11 is 10.6. The first-order valence-electron chi connectivity index (χ1n) is 3.50. The van der Waals surface area contributed by atoms with E-state index in [9.17, 15) is 0 Å². The first-order chi connectivity index (χ1) is 6.25. The minimum absolute atomic E-state index is 0.416. The Bertz CT molecular complexity index is 412. The number of nitrogens with zero attached hydrogens (tertiary/aromatic N) is 2. The fraction of sp³-hybridized carbons (Fsp3) is 0. The summed E-state index contributed by atoms with van der Waals surface area (Å²) in [6, 6.07) is 7.56. The molecule has 0 unspecified atom stereocenters. The molecule has 0 atom stereocenters. The van der Waals surface area contributed by atoms with Gasteiger partial charge in [0.1, 0.15) is 5.69 Å². The second-order valence-corrected chi connectivity index (χ2v) is 5.20. The summed E-state index contributed by atoms with van der Waals surface area (Å²) in [5, 5.41) is 8.16. The lowest BCUT2D eigenvalue weighted by Gasteiger charge is -1.93. The van der Waals surface area contributed by atoms with E-state index in [4.69, 9.17) is 11.6 Å². The van der Waals surface area contributed by atoms with Gasteiger partial charge in [-0.15, -0.1) is 21.5 Å². The van der Waals surface area contributed by atoms with Crippen LogP contribution in [0.15, 0.2) is 28.1 Å². The second-order valence-electron chi connectivity index (χ2n) is 2.35. The Kier molecular flexibility index (Phi) is 2.62. The molecule has 0 aliphatic carbocycles. The Morgan fingerprint density at radius 3 is 2.54 bits per heavy atom. The maximum absolute atomic E-state index is 5.62. The summed E-state index contributed by atoms with van der Waals surface area (Å²) in [7, 11) is 0. The third-order valence-electron chi connectivity index (χ3n) is 1.46. The molecule has 0 N–H and O–H groups in total. The average molecular weight is 276 g/mol. The Hall–Kier alpha value is -0.450. The van der Waals surface area contributed by atoms with Crippen LogP contribution >= 0.6 is 38.9 Å². The fourth-order valence-corrected chi connectivity index (χ4v) is 2.35. The topological polar surface area (TPSA) is 25.8 Å². The van der Waals surface area contributed by atoms with Gasteiger partial charge >= 0.3 is 0 Å². The molecule has 0 fully saturated rings. The summed E-state index contributed by atoms with van der Waals surface area (Å²) in [6.07, 6.45) is 0. The lowest BCUT2D eigenvalue weighted by molar-refractivity contribution is 1.04. The van der Waals surface area contributed by atoms with Crippen molar-refractivity contribution in [2.24, 2.45) is 0 Å². The molecule has 0 spiro atoms. The highest BCUT2D eigenvalue weighted by atomic mass is 79.9. The second kappa shape index (κ2) is 3.74. The zero-order chi connectivity index (χ0) is 9.26. The van der Waals surface area contributed by atoms with Gasteiger partial charge in [0.2, 0.25) is 0 Å². The van der Waals surface area contributed by atoms with Crippen LogP contribution in [0.2, 0.25) is 5.15 Å². The molecule has 0 radical (unpaired) electrons. The summed E-state index contributed by atoms with van der Waals surface area (Å²) in [4.78, 5) is 1.08. The van der Waals surface area contributed by atoms with E-state index in [1.165, 1.54) is 0 Å². The highest BCUT2D eigenvalue weighted by Crippen LogP contribution is 2.29. The minimum Gasteiger partial charge on any atom is -0.148 e. The van der Waals surface area contributed by atoms with Crippen LogP contribution in [0.5, 0.6) is 0 Å². The highest BCUT2D eigenvalue weighted by molar-refractivity contribution is 9.11. The van der Waals surface area contributed by atoms with Crippen molar-refractivity contribution in [3.8, 4) is 10.6 Å². The minimum atomic E-state index is 0.416. The van der Waals surface area contributed by atoms with Crippen molar-refractivity contribution < 1.29 is 0 Å². The molecule has 0 saturated heterocycles. The van der Waals surface area contributed by atoms with Crippen LogP contribution in [0, 0.1) is 0 Å². The third-order valence-corrected chi connectivity index (χ3v) is 3.31. The van der Waals surface area contributed by atoms with Crippen LogP contribution < -0.4 is 0 Å². The molecule has 0 bridgehead atoms. The average Bonchev–Trinajstić information content (AvgIpc) is 2.53. The summed E-state index contributed by atoms with van der Waals surface area (Å²) in [5.74, 6) is 0. The van der Waals surface area contributed by atoms with Gasteiger partial charge in [-0.3, -0.25) is 0 Å². The predicted octanol–water partition coefficient (Wildman–Crippen LogP) is 3.62. The number of hydrogen-bond donors (Lipinski definition) is 0. The van der Waals surface area contributed by atoms with E-state index < -0.39 is 0 Å². The normalized spacial score (nSPS) is 10.3. The quantitative estimate of drug-likeness (QED) is 0.794. The Labute approximate surface area is 92.7 Å². The molecule has 5 heteroatoms. The number of hydrogen-bond acceptors (Lipinski definition) is 3. The maximum Gasteiger partial charge on any atom is 0.151 e. The summed E-state index contributed by atoms with van der Waals surface area (Å²) < 4.78 is 1.08. The van der Waals surface area contributed by atoms with Crippen molar-refractivity contribution in [2.75, 3.05) is 0 Å². The Morgan fingerprint density at radius 1 is 1.15 bits per heavy atom. The van der Waals surface area contributed by atoms with Crippen molar-refractivity contribution >= 4 is 38.9 Å². The number of aromatic nitrogens is 2. The smallest absolute Gasteiger partial charge is 0.148 e. The van der Waals surface area contributed by atoms with E-state index in [0.29, 0.717) is 5.15 Å². The van der Waals surface area contributed by atoms with E-state index in [0.717, 1.165) is 14.4 Å². The summed E-state index contributed by atoms with van der Waals surface area (Å²) in [6.45, 7) is 0. The number of rotatable bonds is 1. The molecule has 0 aliphatic rings. The molecular weight excluding hydrogens is 272 g/mol. The van der Waals surface area contributed by atoms with Crippen LogP contribution in [-0.4, -0.2) is 10.2 Å². The molecule has 0 aliphatic heterocycles. The molecule has 2 aromatic heterocycles. The Morgan fingerprint density at radius 2 is 2.00 bits per heavy atom. The summed E-state index contributed by atoms with van der Waals surface area (Å²) in [5.41, 5.74) is 0.847. The van der Waals surface area contributed by atoms with Gasteiger partial charge in [0.05, 0.1) is 8.66 Å². The number of thiophene rings is 1. The third kappa shape index (κ3) is 2.07. The van der Waals surface area contributed by atoms with Crippen LogP contribution in [-0.2, 0) is 0 Å². The van der Waals surface area contributed by atoms with Gasteiger partial charge < -0.3 is 0 Å². The highest BCUT2D eigenvalue weighted by Gasteiger charge is 2.02. The van der Waals surface area contributed by atoms with Crippen LogP contribution in [0.4, 0.5) is 0 Å². The van der Waals surface area contributed by atoms with Gasteiger partial charge in [-0.2, -0.15) is 0 Å². The van der Waals surface area contributed by atoms with Gasteiger partial charge in [0.15, 0.2) is 5.15 Å². The zero-order valence-corrected chi connectivity index (χ0v) is 9.53. The maximum atomic E-state index is 5.62. The van der Waals surface area contributed by atoms with Crippen molar-refractivity contribution in [3.63, 3.8) is 0 Å². The Balaban J connectivity index is 2.41. The van der Waals surface area contributed by atoms with E-state index in [2.05, 4.69) is 26.1 Å².